The predicted octanol–water partition coefficient (Wildman–Crippen LogP) is -6.53. The molecule has 0 aliphatic heterocycles. The van der Waals surface area contributed by atoms with E-state index in [1.54, 1.807) is 0 Å². The minimum atomic E-state index is -4.67. The van der Waals surface area contributed by atoms with Gasteiger partial charge in [-0.3, -0.25) is 9.11 Å². The second-order valence-corrected chi connectivity index (χ2v) is 1.34. The minimum Gasteiger partial charge on any atom is -1.00 e. The van der Waals surface area contributed by atoms with Crippen LogP contribution in [0.3, 0.4) is 0 Å². The van der Waals surface area contributed by atoms with E-state index in [2.05, 4.69) is 0 Å². The Labute approximate surface area is 126 Å². The van der Waals surface area contributed by atoms with Gasteiger partial charge in [-0.25, -0.2) is 0 Å². The first kappa shape index (κ1) is 39.0. The van der Waals surface area contributed by atoms with Crippen molar-refractivity contribution in [3.63, 3.8) is 0 Å². The van der Waals surface area contributed by atoms with Crippen LogP contribution in [-0.2, 0) is 10.4 Å². The predicted molar refractivity (Wildman–Crippen MR) is 40.4 cm³/mol. The summed E-state index contributed by atoms with van der Waals surface area (Å²) in [6.07, 6.45) is 0. The molecule has 6 nitrogen and oxygen atoms in total. The zero-order valence-corrected chi connectivity index (χ0v) is 9.85. The van der Waals surface area contributed by atoms with Gasteiger partial charge in [0, 0.05) is 0 Å². The van der Waals surface area contributed by atoms with Crippen LogP contribution in [0, 0.1) is 0 Å². The molecule has 0 aromatic rings. The first-order chi connectivity index (χ1) is 2.00. The van der Waals surface area contributed by atoms with Gasteiger partial charge in [0.2, 0.25) is 0 Å². The maximum absolute atomic E-state index is 8.74. The van der Waals surface area contributed by atoms with Crippen LogP contribution >= 0.6 is 0 Å². The molecule has 10 heteroatoms. The Balaban J connectivity index is -0.00000000286. The maximum atomic E-state index is 8.74. The van der Waals surface area contributed by atoms with Gasteiger partial charge < -0.3 is 15.2 Å². The number of rotatable bonds is 0. The van der Waals surface area contributed by atoms with Crippen LogP contribution in [0.25, 0.3) is 0 Å². The van der Waals surface area contributed by atoms with Gasteiger partial charge >= 0.3 is 77.7 Å². The molecule has 60 valence electrons. The van der Waals surface area contributed by atoms with Crippen LogP contribution in [0.15, 0.2) is 0 Å². The summed E-state index contributed by atoms with van der Waals surface area (Å²) in [5.74, 6) is 0. The Morgan fingerprint density at radius 3 is 1.10 bits per heavy atom. The molecule has 0 aromatic heterocycles. The molecule has 0 radical (unpaired) electrons. The third-order valence-electron chi connectivity index (χ3n) is 0. The second kappa shape index (κ2) is 17.6. The van der Waals surface area contributed by atoms with Crippen LogP contribution in [0.1, 0.15) is 4.28 Å². The van der Waals surface area contributed by atoms with E-state index in [0.717, 1.165) is 0 Å². The van der Waals surface area contributed by atoms with Gasteiger partial charge in [0.05, 0.1) is 0 Å². The normalized spacial score (nSPS) is 5.80. The fraction of sp³-hybridized carbons (Fsp3) is 0. The van der Waals surface area contributed by atoms with E-state index in [-0.39, 0.29) is 99.9 Å². The monoisotopic (exact) mass is 230 g/mol. The standard InChI is InChI=1S/Al.Ca.Na.H2O4S.2H2O.6H/c;;;1-5(2,3)4;;;;;;;;/h;;;(H2,1,2,3,4);2*1H2;;;;;;/q;+2;+1;;;;;;;3*-1. The maximum Gasteiger partial charge on any atom is 2.00 e. The summed E-state index contributed by atoms with van der Waals surface area (Å²) in [4.78, 5) is 0. The summed E-state index contributed by atoms with van der Waals surface area (Å²) in [5.41, 5.74) is 0. The van der Waals surface area contributed by atoms with Crippen molar-refractivity contribution in [2.45, 2.75) is 0 Å². The Kier molecular flexibility index (Phi) is 68.6. The summed E-state index contributed by atoms with van der Waals surface area (Å²) in [5, 5.41) is 0. The molecule has 0 amide bonds. The number of hydrogen-bond acceptors (Lipinski definition) is 2. The third kappa shape index (κ3) is 146. The second-order valence-electron chi connectivity index (χ2n) is 0.448. The summed E-state index contributed by atoms with van der Waals surface area (Å²) in [6, 6.07) is 0. The van der Waals surface area contributed by atoms with Crippen molar-refractivity contribution in [3.8, 4) is 0 Å². The molecular weight excluding hydrogens is 218 g/mol. The average molecular weight is 230 g/mol. The van der Waals surface area contributed by atoms with Crippen molar-refractivity contribution >= 4 is 65.5 Å². The van der Waals surface area contributed by atoms with Crippen molar-refractivity contribution in [2.75, 3.05) is 0 Å². The smallest absolute Gasteiger partial charge is 1.00 e. The van der Waals surface area contributed by atoms with Gasteiger partial charge in [0.25, 0.3) is 0 Å². The van der Waals surface area contributed by atoms with Gasteiger partial charge in [0.15, 0.2) is 17.4 Å². The van der Waals surface area contributed by atoms with Crippen LogP contribution < -0.4 is 29.6 Å². The molecule has 0 saturated carbocycles. The van der Waals surface area contributed by atoms with Gasteiger partial charge in [-0.1, -0.05) is 0 Å². The molecule has 0 aliphatic carbocycles. The molecule has 10 heavy (non-hydrogen) atoms. The van der Waals surface area contributed by atoms with E-state index in [1.807, 2.05) is 0 Å². The molecule has 0 atom stereocenters. The van der Waals surface area contributed by atoms with Crippen LogP contribution in [0.2, 0.25) is 0 Å². The molecule has 0 spiro atoms. The average Bonchev–Trinajstić information content (AvgIpc) is 0.722. The van der Waals surface area contributed by atoms with E-state index in [0.29, 0.717) is 0 Å². The largest absolute Gasteiger partial charge is 2.00 e. The zero-order valence-electron chi connectivity index (χ0n) is 7.83. The quantitative estimate of drug-likeness (QED) is 0.315. The minimum absolute atomic E-state index is 0. The van der Waals surface area contributed by atoms with Crippen LogP contribution in [0.5, 0.6) is 0 Å². The van der Waals surface area contributed by atoms with Crippen LogP contribution in [0.4, 0.5) is 0 Å². The van der Waals surface area contributed by atoms with Crippen molar-refractivity contribution in [1.82, 2.24) is 0 Å². The Morgan fingerprint density at radius 2 is 1.10 bits per heavy atom. The molecule has 6 N–H and O–H groups in total. The van der Waals surface area contributed by atoms with Gasteiger partial charge in [-0.15, -0.1) is 0 Å². The summed E-state index contributed by atoms with van der Waals surface area (Å²) in [7, 11) is -4.67. The topological polar surface area (TPSA) is 138 Å². The van der Waals surface area contributed by atoms with Crippen molar-refractivity contribution in [1.29, 1.82) is 0 Å². The summed E-state index contributed by atoms with van der Waals surface area (Å²) >= 11 is 0. The first-order valence-electron chi connectivity index (χ1n) is 0.698. The first-order valence-corrected chi connectivity index (χ1v) is 2.10. The number of hydrogen-bond donors (Lipinski definition) is 2. The van der Waals surface area contributed by atoms with E-state index < -0.39 is 10.4 Å². The molecule has 0 aliphatic rings. The zero-order chi connectivity index (χ0) is 4.50. The molecule has 0 aromatic carbocycles. The molecule has 0 unspecified atom stereocenters. The molecule has 0 saturated heterocycles. The van der Waals surface area contributed by atoms with Gasteiger partial charge in [-0.05, 0) is 0 Å². The van der Waals surface area contributed by atoms with E-state index >= 15 is 0 Å². The molecule has 0 bridgehead atoms. The van der Waals surface area contributed by atoms with Gasteiger partial charge in [0.1, 0.15) is 0 Å². The molecule has 0 fully saturated rings. The van der Waals surface area contributed by atoms with Crippen molar-refractivity contribution in [3.05, 3.63) is 0 Å². The Morgan fingerprint density at radius 1 is 1.10 bits per heavy atom. The SMILES string of the molecule is O.O.O=S(=O)(O)O.[AlH3].[Ca+2].[H-].[H-].[H-].[Na+]. The molecule has 0 rings (SSSR count). The summed E-state index contributed by atoms with van der Waals surface area (Å²) < 4.78 is 31.6. The van der Waals surface area contributed by atoms with E-state index in [4.69, 9.17) is 17.5 Å². The molecule has 0 heterocycles. The van der Waals surface area contributed by atoms with Gasteiger partial charge in [-0.2, -0.15) is 8.42 Å². The fourth-order valence-corrected chi connectivity index (χ4v) is 0. The fourth-order valence-electron chi connectivity index (χ4n) is 0. The van der Waals surface area contributed by atoms with E-state index in [1.165, 1.54) is 0 Å². The molecular formula is H12AlCaNaO6S. The van der Waals surface area contributed by atoms with Crippen LogP contribution in [-0.4, -0.2) is 83.6 Å². The van der Waals surface area contributed by atoms with Crippen molar-refractivity contribution < 1.29 is 62.3 Å². The van der Waals surface area contributed by atoms with Crippen molar-refractivity contribution in [2.24, 2.45) is 0 Å². The summed E-state index contributed by atoms with van der Waals surface area (Å²) in [6.45, 7) is 0. The van der Waals surface area contributed by atoms with E-state index in [9.17, 15) is 0 Å². The Hall–Kier alpha value is 2.58. The third-order valence-corrected chi connectivity index (χ3v) is 0. The Bertz CT molecular complexity index is 111.